The Balaban J connectivity index is 2.02. The Labute approximate surface area is 120 Å². The molecule has 0 aliphatic carbocycles. The van der Waals surface area contributed by atoms with E-state index < -0.39 is 25.3 Å². The van der Waals surface area contributed by atoms with Crippen LogP contribution < -0.4 is 10.6 Å². The molecule has 2 N–H and O–H groups in total. The number of halogens is 3. The monoisotopic (exact) mass is 302 g/mol. The maximum atomic E-state index is 12.0. The Bertz CT molecular complexity index is 505. The molecule has 21 heavy (non-hydrogen) atoms. The molecule has 0 aromatic heterocycles. The molecule has 0 saturated carbocycles. The summed E-state index contributed by atoms with van der Waals surface area (Å²) < 4.78 is 40.5. The smallest absolute Gasteiger partial charge is 0.362 e. The van der Waals surface area contributed by atoms with Crippen LogP contribution in [0.3, 0.4) is 0 Å². The minimum Gasteiger partial charge on any atom is -0.362 e. The number of nitrogens with zero attached hydrogens (tertiary/aromatic N) is 1. The molecule has 0 bridgehead atoms. The van der Waals surface area contributed by atoms with Crippen molar-refractivity contribution in [3.8, 4) is 0 Å². The molecule has 1 atom stereocenters. The number of nitrogens with two attached hydrogens (primary N) is 1. The van der Waals surface area contributed by atoms with E-state index in [1.54, 1.807) is 12.1 Å². The van der Waals surface area contributed by atoms with E-state index in [1.807, 2.05) is 12.1 Å². The normalized spacial score (nSPS) is 17.9. The van der Waals surface area contributed by atoms with Gasteiger partial charge in [0.25, 0.3) is 5.91 Å². The van der Waals surface area contributed by atoms with Crippen LogP contribution in [0.1, 0.15) is 17.9 Å². The maximum Gasteiger partial charge on any atom is 0.411 e. The second-order valence-electron chi connectivity index (χ2n) is 4.95. The van der Waals surface area contributed by atoms with Crippen molar-refractivity contribution < 1.29 is 22.7 Å². The highest BCUT2D eigenvalue weighted by Gasteiger charge is 2.33. The summed E-state index contributed by atoms with van der Waals surface area (Å²) in [5, 5.41) is 0. The summed E-state index contributed by atoms with van der Waals surface area (Å²) in [4.78, 5) is 13.5. The molecular weight excluding hydrogens is 285 g/mol. The summed E-state index contributed by atoms with van der Waals surface area (Å²) in [7, 11) is 0. The van der Waals surface area contributed by atoms with Crippen molar-refractivity contribution in [2.45, 2.75) is 18.5 Å². The molecule has 1 aromatic rings. The van der Waals surface area contributed by atoms with Gasteiger partial charge in [-0.1, -0.05) is 18.2 Å². The Morgan fingerprint density at radius 2 is 2.10 bits per heavy atom. The number of ether oxygens (including phenoxy) is 1. The molecule has 2 rings (SSSR count). The van der Waals surface area contributed by atoms with Gasteiger partial charge >= 0.3 is 6.18 Å². The molecule has 4 nitrogen and oxygen atoms in total. The first-order chi connectivity index (χ1) is 9.92. The number of benzene rings is 1. The molecule has 7 heteroatoms. The molecule has 1 unspecified atom stereocenters. The van der Waals surface area contributed by atoms with E-state index in [0.29, 0.717) is 13.1 Å². The van der Waals surface area contributed by atoms with Gasteiger partial charge in [-0.25, -0.2) is 0 Å². The summed E-state index contributed by atoms with van der Waals surface area (Å²) in [6.07, 6.45) is -3.70. The standard InChI is InChI=1S/C14H17F3N2O2/c15-14(16,17)9-21-8-13(20)19-7-10(5-6-18)11-3-1-2-4-12(11)19/h1-4,10H,5-9,18H2. The lowest BCUT2D eigenvalue weighted by atomic mass is 9.98. The molecule has 1 amide bonds. The maximum absolute atomic E-state index is 12.0. The minimum atomic E-state index is -4.43. The van der Waals surface area contributed by atoms with Gasteiger partial charge in [0.15, 0.2) is 0 Å². The van der Waals surface area contributed by atoms with Gasteiger partial charge in [0.2, 0.25) is 0 Å². The molecule has 0 radical (unpaired) electrons. The Hall–Kier alpha value is -1.60. The molecule has 0 spiro atoms. The molecular formula is C14H17F3N2O2. The number of para-hydroxylation sites is 1. The Kier molecular flexibility index (Phi) is 4.84. The topological polar surface area (TPSA) is 55.6 Å². The number of carbonyl (C=O) groups is 1. The first kappa shape index (κ1) is 15.8. The molecule has 1 aliphatic rings. The van der Waals surface area contributed by atoms with E-state index in [-0.39, 0.29) is 5.92 Å². The third kappa shape index (κ3) is 3.95. The van der Waals surface area contributed by atoms with E-state index in [9.17, 15) is 18.0 Å². The SMILES string of the molecule is NCCC1CN(C(=O)COCC(F)(F)F)c2ccccc21. The number of hydrogen-bond acceptors (Lipinski definition) is 3. The van der Waals surface area contributed by atoms with Gasteiger partial charge in [-0.3, -0.25) is 4.79 Å². The molecule has 1 aliphatic heterocycles. The Morgan fingerprint density at radius 1 is 1.38 bits per heavy atom. The number of anilines is 1. The molecule has 116 valence electrons. The van der Waals surface area contributed by atoms with Gasteiger partial charge in [0.1, 0.15) is 13.2 Å². The van der Waals surface area contributed by atoms with Gasteiger partial charge in [-0.15, -0.1) is 0 Å². The van der Waals surface area contributed by atoms with Crippen LogP contribution in [0.25, 0.3) is 0 Å². The molecule has 1 heterocycles. The van der Waals surface area contributed by atoms with Crippen LogP contribution in [0.15, 0.2) is 24.3 Å². The highest BCUT2D eigenvalue weighted by molar-refractivity contribution is 5.96. The van der Waals surface area contributed by atoms with Crippen LogP contribution in [0.2, 0.25) is 0 Å². The number of hydrogen-bond donors (Lipinski definition) is 1. The lowest BCUT2D eigenvalue weighted by Crippen LogP contribution is -2.34. The Morgan fingerprint density at radius 3 is 2.76 bits per heavy atom. The molecule has 0 saturated heterocycles. The van der Waals surface area contributed by atoms with Crippen molar-refractivity contribution in [2.24, 2.45) is 5.73 Å². The van der Waals surface area contributed by atoms with Gasteiger partial charge in [-0.2, -0.15) is 13.2 Å². The van der Waals surface area contributed by atoms with Crippen molar-refractivity contribution in [1.29, 1.82) is 0 Å². The van der Waals surface area contributed by atoms with Crippen LogP contribution in [0.4, 0.5) is 18.9 Å². The number of fused-ring (bicyclic) bond motifs is 1. The largest absolute Gasteiger partial charge is 0.411 e. The van der Waals surface area contributed by atoms with Crippen molar-refractivity contribution in [1.82, 2.24) is 0 Å². The van der Waals surface area contributed by atoms with Crippen molar-refractivity contribution in [3.63, 3.8) is 0 Å². The van der Waals surface area contributed by atoms with E-state index in [4.69, 9.17) is 5.73 Å². The second-order valence-corrected chi connectivity index (χ2v) is 4.95. The summed E-state index contributed by atoms with van der Waals surface area (Å²) >= 11 is 0. The zero-order valence-corrected chi connectivity index (χ0v) is 11.4. The van der Waals surface area contributed by atoms with Crippen LogP contribution >= 0.6 is 0 Å². The number of rotatable bonds is 5. The van der Waals surface area contributed by atoms with Gasteiger partial charge in [-0.05, 0) is 24.6 Å². The summed E-state index contributed by atoms with van der Waals surface area (Å²) in [5.74, 6) is -0.344. The van der Waals surface area contributed by atoms with E-state index in [0.717, 1.165) is 17.7 Å². The first-order valence-electron chi connectivity index (χ1n) is 6.66. The average Bonchev–Trinajstić information content (AvgIpc) is 2.77. The van der Waals surface area contributed by atoms with Gasteiger partial charge in [0, 0.05) is 18.2 Å². The summed E-state index contributed by atoms with van der Waals surface area (Å²) in [5.41, 5.74) is 7.30. The van der Waals surface area contributed by atoms with Gasteiger partial charge < -0.3 is 15.4 Å². The predicted molar refractivity (Wildman–Crippen MR) is 72.1 cm³/mol. The number of alkyl halides is 3. The van der Waals surface area contributed by atoms with E-state index >= 15 is 0 Å². The molecule has 1 aromatic carbocycles. The summed E-state index contributed by atoms with van der Waals surface area (Å²) in [6.45, 7) is -1.07. The summed E-state index contributed by atoms with van der Waals surface area (Å²) in [6, 6.07) is 7.37. The van der Waals surface area contributed by atoms with Crippen LogP contribution in [0.5, 0.6) is 0 Å². The third-order valence-electron chi connectivity index (χ3n) is 3.38. The fourth-order valence-electron chi connectivity index (χ4n) is 2.51. The quantitative estimate of drug-likeness (QED) is 0.905. The fourth-order valence-corrected chi connectivity index (χ4v) is 2.51. The zero-order chi connectivity index (χ0) is 15.5. The first-order valence-corrected chi connectivity index (χ1v) is 6.66. The van der Waals surface area contributed by atoms with Crippen molar-refractivity contribution in [3.05, 3.63) is 29.8 Å². The second kappa shape index (κ2) is 6.44. The highest BCUT2D eigenvalue weighted by Crippen LogP contribution is 2.37. The number of carbonyl (C=O) groups excluding carboxylic acids is 1. The molecule has 0 fully saturated rings. The van der Waals surface area contributed by atoms with Crippen LogP contribution in [-0.4, -0.2) is 38.4 Å². The lowest BCUT2D eigenvalue weighted by molar-refractivity contribution is -0.175. The minimum absolute atomic E-state index is 0.123. The van der Waals surface area contributed by atoms with E-state index in [2.05, 4.69) is 4.74 Å². The van der Waals surface area contributed by atoms with Crippen molar-refractivity contribution in [2.75, 3.05) is 31.2 Å². The van der Waals surface area contributed by atoms with Crippen LogP contribution in [-0.2, 0) is 9.53 Å². The van der Waals surface area contributed by atoms with Crippen LogP contribution in [0, 0.1) is 0 Å². The lowest BCUT2D eigenvalue weighted by Gasteiger charge is -2.18. The van der Waals surface area contributed by atoms with Gasteiger partial charge in [0.05, 0.1) is 0 Å². The van der Waals surface area contributed by atoms with Crippen molar-refractivity contribution >= 4 is 11.6 Å². The van der Waals surface area contributed by atoms with E-state index in [1.165, 1.54) is 4.90 Å². The average molecular weight is 302 g/mol. The fraction of sp³-hybridized carbons (Fsp3) is 0.500. The zero-order valence-electron chi connectivity index (χ0n) is 11.4. The number of amides is 1. The highest BCUT2D eigenvalue weighted by atomic mass is 19.4. The predicted octanol–water partition coefficient (Wildman–Crippen LogP) is 2.04. The third-order valence-corrected chi connectivity index (χ3v) is 3.38.